The molecule has 0 aliphatic carbocycles. The number of nitrogens with zero attached hydrogens (tertiary/aromatic N) is 1. The van der Waals surface area contributed by atoms with Crippen molar-refractivity contribution in [2.75, 3.05) is 0 Å². The lowest BCUT2D eigenvalue weighted by Gasteiger charge is -2.35. The monoisotopic (exact) mass is 374 g/mol. The molecule has 5 heteroatoms. The second-order valence-corrected chi connectivity index (χ2v) is 7.04. The summed E-state index contributed by atoms with van der Waals surface area (Å²) in [5.41, 5.74) is 8.72. The first-order valence-corrected chi connectivity index (χ1v) is 9.41. The van der Waals surface area contributed by atoms with Crippen molar-refractivity contribution < 1.29 is 14.0 Å². The zero-order valence-corrected chi connectivity index (χ0v) is 15.5. The maximum absolute atomic E-state index is 12.8. The molecule has 0 unspecified atom stereocenters. The maximum Gasteiger partial charge on any atom is 0.240 e. The van der Waals surface area contributed by atoms with Gasteiger partial charge < -0.3 is 15.1 Å². The van der Waals surface area contributed by atoms with Gasteiger partial charge in [-0.15, -0.1) is 0 Å². The van der Waals surface area contributed by atoms with Crippen molar-refractivity contribution in [3.63, 3.8) is 0 Å². The fourth-order valence-electron chi connectivity index (χ4n) is 3.68. The normalized spacial score (nSPS) is 15.9. The Morgan fingerprint density at radius 2 is 1.68 bits per heavy atom. The van der Waals surface area contributed by atoms with E-state index in [0.29, 0.717) is 19.4 Å². The van der Waals surface area contributed by atoms with Crippen LogP contribution in [0.3, 0.4) is 0 Å². The first-order chi connectivity index (χ1) is 13.6. The summed E-state index contributed by atoms with van der Waals surface area (Å²) in [7, 11) is 0. The predicted octanol–water partition coefficient (Wildman–Crippen LogP) is 3.32. The summed E-state index contributed by atoms with van der Waals surface area (Å²) in [6.07, 6.45) is 1.22. The van der Waals surface area contributed by atoms with E-state index in [2.05, 4.69) is 0 Å². The number of carbonyl (C=O) groups is 2. The van der Waals surface area contributed by atoms with E-state index >= 15 is 0 Å². The van der Waals surface area contributed by atoms with Gasteiger partial charge in [0.05, 0.1) is 0 Å². The quantitative estimate of drug-likeness (QED) is 0.744. The molecule has 2 heterocycles. The minimum absolute atomic E-state index is 0.0871. The number of aryl methyl sites for hydroxylation is 1. The molecular formula is C23H22N2O3. The summed E-state index contributed by atoms with van der Waals surface area (Å²) in [6.45, 7) is 0.413. The summed E-state index contributed by atoms with van der Waals surface area (Å²) >= 11 is 0. The number of fused-ring (bicyclic) bond motifs is 1. The van der Waals surface area contributed by atoms with Crippen LogP contribution in [0, 0.1) is 0 Å². The number of furan rings is 1. The van der Waals surface area contributed by atoms with Gasteiger partial charge in [-0.3, -0.25) is 9.59 Å². The Labute approximate surface area is 163 Å². The van der Waals surface area contributed by atoms with Crippen molar-refractivity contribution in [3.8, 4) is 11.3 Å². The zero-order valence-electron chi connectivity index (χ0n) is 15.5. The third kappa shape index (κ3) is 3.69. The predicted molar refractivity (Wildman–Crippen MR) is 106 cm³/mol. The van der Waals surface area contributed by atoms with Gasteiger partial charge in [0.25, 0.3) is 0 Å². The van der Waals surface area contributed by atoms with Crippen LogP contribution in [0.2, 0.25) is 0 Å². The standard InChI is InChI=1S/C23H22N2O3/c24-23(27)20-14-17-8-4-5-9-18(17)15-25(20)22(26)13-11-19-10-12-21(28-19)16-6-2-1-3-7-16/h1-10,12,20H,11,13-15H2,(H2,24,27)/t20-/m1/s1. The molecule has 0 bridgehead atoms. The van der Waals surface area contributed by atoms with E-state index in [-0.39, 0.29) is 12.3 Å². The molecule has 4 rings (SSSR count). The molecule has 0 radical (unpaired) electrons. The number of primary amides is 1. The van der Waals surface area contributed by atoms with Gasteiger partial charge >= 0.3 is 0 Å². The third-order valence-corrected chi connectivity index (χ3v) is 5.20. The minimum atomic E-state index is -0.598. The Hall–Kier alpha value is -3.34. The molecule has 1 aromatic heterocycles. The second-order valence-electron chi connectivity index (χ2n) is 7.04. The molecule has 0 saturated heterocycles. The van der Waals surface area contributed by atoms with Crippen molar-refractivity contribution in [1.82, 2.24) is 4.90 Å². The molecule has 1 aliphatic rings. The van der Waals surface area contributed by atoms with Gasteiger partial charge in [-0.25, -0.2) is 0 Å². The average Bonchev–Trinajstić information content (AvgIpc) is 3.20. The van der Waals surface area contributed by atoms with Gasteiger partial charge in [-0.2, -0.15) is 0 Å². The average molecular weight is 374 g/mol. The van der Waals surface area contributed by atoms with Crippen molar-refractivity contribution in [1.29, 1.82) is 0 Å². The van der Waals surface area contributed by atoms with Crippen LogP contribution in [0.15, 0.2) is 71.1 Å². The van der Waals surface area contributed by atoms with E-state index in [0.717, 1.165) is 28.2 Å². The van der Waals surface area contributed by atoms with Gasteiger partial charge in [0.1, 0.15) is 17.6 Å². The highest BCUT2D eigenvalue weighted by molar-refractivity contribution is 5.87. The van der Waals surface area contributed by atoms with Crippen LogP contribution in [0.5, 0.6) is 0 Å². The van der Waals surface area contributed by atoms with Crippen LogP contribution in [-0.4, -0.2) is 22.8 Å². The molecule has 0 fully saturated rings. The summed E-state index contributed by atoms with van der Waals surface area (Å²) in [5.74, 6) is 0.980. The van der Waals surface area contributed by atoms with Crippen molar-refractivity contribution in [2.24, 2.45) is 5.73 Å². The Kier molecular flexibility index (Phi) is 4.98. The minimum Gasteiger partial charge on any atom is -0.461 e. The molecule has 2 aromatic carbocycles. The number of rotatable bonds is 5. The van der Waals surface area contributed by atoms with Crippen molar-refractivity contribution in [3.05, 3.63) is 83.6 Å². The molecule has 1 atom stereocenters. The number of hydrogen-bond donors (Lipinski definition) is 1. The van der Waals surface area contributed by atoms with Crippen LogP contribution < -0.4 is 5.73 Å². The fraction of sp³-hybridized carbons (Fsp3) is 0.217. The lowest BCUT2D eigenvalue weighted by molar-refractivity contribution is -0.140. The number of nitrogens with two attached hydrogens (primary N) is 1. The van der Waals surface area contributed by atoms with Crippen LogP contribution >= 0.6 is 0 Å². The van der Waals surface area contributed by atoms with Crippen LogP contribution in [0.1, 0.15) is 23.3 Å². The third-order valence-electron chi connectivity index (χ3n) is 5.20. The number of benzene rings is 2. The summed E-state index contributed by atoms with van der Waals surface area (Å²) in [5, 5.41) is 0. The van der Waals surface area contributed by atoms with E-state index in [9.17, 15) is 9.59 Å². The Morgan fingerprint density at radius 3 is 2.43 bits per heavy atom. The second kappa shape index (κ2) is 7.72. The molecule has 3 aromatic rings. The summed E-state index contributed by atoms with van der Waals surface area (Å²) in [4.78, 5) is 26.4. The highest BCUT2D eigenvalue weighted by atomic mass is 16.3. The van der Waals surface area contributed by atoms with Crippen molar-refractivity contribution >= 4 is 11.8 Å². The SMILES string of the molecule is NC(=O)[C@H]1Cc2ccccc2CN1C(=O)CCc1ccc(-c2ccccc2)o1. The van der Waals surface area contributed by atoms with E-state index < -0.39 is 11.9 Å². The van der Waals surface area contributed by atoms with Gasteiger partial charge in [-0.05, 0) is 23.3 Å². The number of amides is 2. The van der Waals surface area contributed by atoms with E-state index in [1.165, 1.54) is 0 Å². The van der Waals surface area contributed by atoms with Gasteiger partial charge in [0.15, 0.2) is 0 Å². The molecular weight excluding hydrogens is 352 g/mol. The summed E-state index contributed by atoms with van der Waals surface area (Å²) < 4.78 is 5.88. The fourth-order valence-corrected chi connectivity index (χ4v) is 3.68. The number of hydrogen-bond acceptors (Lipinski definition) is 3. The lowest BCUT2D eigenvalue weighted by Crippen LogP contribution is -2.51. The number of carbonyl (C=O) groups excluding carboxylic acids is 2. The van der Waals surface area contributed by atoms with Crippen molar-refractivity contribution in [2.45, 2.75) is 31.8 Å². The molecule has 142 valence electrons. The first kappa shape index (κ1) is 18.0. The Balaban J connectivity index is 1.44. The molecule has 5 nitrogen and oxygen atoms in total. The lowest BCUT2D eigenvalue weighted by atomic mass is 9.93. The molecule has 28 heavy (non-hydrogen) atoms. The smallest absolute Gasteiger partial charge is 0.240 e. The zero-order chi connectivity index (χ0) is 19.5. The molecule has 0 spiro atoms. The topological polar surface area (TPSA) is 76.5 Å². The largest absolute Gasteiger partial charge is 0.461 e. The maximum atomic E-state index is 12.8. The first-order valence-electron chi connectivity index (χ1n) is 9.41. The van der Waals surface area contributed by atoms with E-state index in [4.69, 9.17) is 10.2 Å². The molecule has 2 amide bonds. The Bertz CT molecular complexity index is 994. The van der Waals surface area contributed by atoms with Gasteiger partial charge in [0.2, 0.25) is 11.8 Å². The van der Waals surface area contributed by atoms with Gasteiger partial charge in [0, 0.05) is 31.4 Å². The molecule has 2 N–H and O–H groups in total. The molecule has 1 aliphatic heterocycles. The van der Waals surface area contributed by atoms with Crippen LogP contribution in [0.4, 0.5) is 0 Å². The van der Waals surface area contributed by atoms with Crippen LogP contribution in [0.25, 0.3) is 11.3 Å². The van der Waals surface area contributed by atoms with Gasteiger partial charge in [-0.1, -0.05) is 54.6 Å². The van der Waals surface area contributed by atoms with E-state index in [1.54, 1.807) is 4.90 Å². The van der Waals surface area contributed by atoms with E-state index in [1.807, 2.05) is 66.7 Å². The molecule has 0 saturated carbocycles. The Morgan fingerprint density at radius 1 is 0.964 bits per heavy atom. The highest BCUT2D eigenvalue weighted by Gasteiger charge is 2.32. The highest BCUT2D eigenvalue weighted by Crippen LogP contribution is 2.25. The van der Waals surface area contributed by atoms with Crippen LogP contribution in [-0.2, 0) is 29.0 Å². The summed E-state index contributed by atoms with van der Waals surface area (Å²) in [6, 6.07) is 20.9.